The summed E-state index contributed by atoms with van der Waals surface area (Å²) in [5.74, 6) is 0.254. The molecule has 0 spiro atoms. The molecule has 2 aromatic rings. The molecule has 20 heavy (non-hydrogen) atoms. The molecule has 1 aromatic carbocycles. The number of aromatic amines is 1. The van der Waals surface area contributed by atoms with Gasteiger partial charge in [-0.15, -0.1) is 0 Å². The fourth-order valence-corrected chi connectivity index (χ4v) is 2.89. The summed E-state index contributed by atoms with van der Waals surface area (Å²) >= 11 is 3.46. The molecule has 0 aliphatic rings. The lowest BCUT2D eigenvalue weighted by Crippen LogP contribution is -1.97. The highest BCUT2D eigenvalue weighted by atomic mass is 79.9. The predicted molar refractivity (Wildman–Crippen MR) is 88.3 cm³/mol. The minimum atomic E-state index is 0.254. The molecule has 1 aromatic heterocycles. The normalized spacial score (nSPS) is 11.1. The van der Waals surface area contributed by atoms with Crippen LogP contribution in [0.2, 0.25) is 0 Å². The van der Waals surface area contributed by atoms with Gasteiger partial charge in [0.1, 0.15) is 0 Å². The number of carbonyl (C=O) groups excluding carboxylic acids is 1. The van der Waals surface area contributed by atoms with E-state index in [1.54, 1.807) is 0 Å². The highest BCUT2D eigenvalue weighted by Crippen LogP contribution is 2.24. The molecule has 0 aliphatic heterocycles. The fraction of sp³-hybridized carbons (Fsp3) is 0.471. The Balaban J connectivity index is 1.89. The van der Waals surface area contributed by atoms with Crippen molar-refractivity contribution in [3.05, 3.63) is 34.4 Å². The zero-order valence-electron chi connectivity index (χ0n) is 12.0. The molecule has 0 saturated carbocycles. The van der Waals surface area contributed by atoms with Crippen LogP contribution in [0.4, 0.5) is 0 Å². The van der Waals surface area contributed by atoms with E-state index in [0.29, 0.717) is 6.42 Å². The Bertz CT molecular complexity index is 573. The SMILES string of the molecule is CCCCCCCCC(=O)c1c[nH]c2ccc(Br)cc12. The topological polar surface area (TPSA) is 32.9 Å². The number of H-pyrrole nitrogens is 1. The van der Waals surface area contributed by atoms with Gasteiger partial charge >= 0.3 is 0 Å². The highest BCUT2D eigenvalue weighted by Gasteiger charge is 2.11. The van der Waals surface area contributed by atoms with E-state index in [0.717, 1.165) is 33.8 Å². The number of nitrogens with one attached hydrogen (secondary N) is 1. The standard InChI is InChI=1S/C17H22BrNO/c1-2-3-4-5-6-7-8-17(20)15-12-19-16-10-9-13(18)11-14(15)16/h9-12,19H,2-8H2,1H3. The molecule has 0 atom stereocenters. The van der Waals surface area contributed by atoms with Gasteiger partial charge in [-0.1, -0.05) is 55.0 Å². The Morgan fingerprint density at radius 3 is 2.70 bits per heavy atom. The number of hydrogen-bond acceptors (Lipinski definition) is 1. The molecule has 0 unspecified atom stereocenters. The molecule has 0 bridgehead atoms. The number of Topliss-reactive ketones (excluding diaryl/α,β-unsaturated/α-hetero) is 1. The first-order chi connectivity index (χ1) is 9.72. The summed E-state index contributed by atoms with van der Waals surface area (Å²) in [5, 5.41) is 1.02. The van der Waals surface area contributed by atoms with Crippen LogP contribution in [0.3, 0.4) is 0 Å². The van der Waals surface area contributed by atoms with Crippen LogP contribution >= 0.6 is 15.9 Å². The van der Waals surface area contributed by atoms with Crippen molar-refractivity contribution in [2.75, 3.05) is 0 Å². The van der Waals surface area contributed by atoms with Gasteiger partial charge in [0.05, 0.1) is 0 Å². The number of benzene rings is 1. The van der Waals surface area contributed by atoms with Crippen molar-refractivity contribution < 1.29 is 4.79 Å². The van der Waals surface area contributed by atoms with Crippen LogP contribution in [0.15, 0.2) is 28.9 Å². The van der Waals surface area contributed by atoms with Crippen LogP contribution in [0.25, 0.3) is 10.9 Å². The molecule has 3 heteroatoms. The van der Waals surface area contributed by atoms with E-state index in [-0.39, 0.29) is 5.78 Å². The smallest absolute Gasteiger partial charge is 0.165 e. The second kappa shape index (κ2) is 7.63. The maximum Gasteiger partial charge on any atom is 0.165 e. The second-order valence-electron chi connectivity index (χ2n) is 5.33. The van der Waals surface area contributed by atoms with Gasteiger partial charge in [-0.25, -0.2) is 0 Å². The zero-order chi connectivity index (χ0) is 14.4. The first-order valence-electron chi connectivity index (χ1n) is 7.52. The Morgan fingerprint density at radius 2 is 1.90 bits per heavy atom. The third-order valence-electron chi connectivity index (χ3n) is 3.70. The lowest BCUT2D eigenvalue weighted by molar-refractivity contribution is 0.0980. The molecule has 0 saturated heterocycles. The third-order valence-corrected chi connectivity index (χ3v) is 4.19. The third kappa shape index (κ3) is 3.95. The lowest BCUT2D eigenvalue weighted by Gasteiger charge is -2.01. The maximum absolute atomic E-state index is 12.3. The van der Waals surface area contributed by atoms with Crippen LogP contribution in [0.1, 0.15) is 62.2 Å². The molecule has 2 nitrogen and oxygen atoms in total. The summed E-state index contributed by atoms with van der Waals surface area (Å²) in [6, 6.07) is 6.00. The van der Waals surface area contributed by atoms with Crippen molar-refractivity contribution in [3.63, 3.8) is 0 Å². The number of fused-ring (bicyclic) bond motifs is 1. The van der Waals surface area contributed by atoms with Crippen molar-refractivity contribution >= 4 is 32.6 Å². The molecule has 0 fully saturated rings. The molecular weight excluding hydrogens is 314 g/mol. The zero-order valence-corrected chi connectivity index (χ0v) is 13.6. The second-order valence-corrected chi connectivity index (χ2v) is 6.25. The van der Waals surface area contributed by atoms with Crippen molar-refractivity contribution in [2.24, 2.45) is 0 Å². The van der Waals surface area contributed by atoms with Gasteiger partial charge in [0.15, 0.2) is 5.78 Å². The van der Waals surface area contributed by atoms with Crippen molar-refractivity contribution in [2.45, 2.75) is 51.9 Å². The summed E-state index contributed by atoms with van der Waals surface area (Å²) in [5.41, 5.74) is 1.86. The van der Waals surface area contributed by atoms with Gasteiger partial charge in [0.25, 0.3) is 0 Å². The van der Waals surface area contributed by atoms with Gasteiger partial charge in [0.2, 0.25) is 0 Å². The Kier molecular flexibility index (Phi) is 5.84. The van der Waals surface area contributed by atoms with Gasteiger partial charge < -0.3 is 4.98 Å². The van der Waals surface area contributed by atoms with Crippen molar-refractivity contribution in [3.8, 4) is 0 Å². The van der Waals surface area contributed by atoms with E-state index in [4.69, 9.17) is 0 Å². The monoisotopic (exact) mass is 335 g/mol. The molecule has 0 aliphatic carbocycles. The predicted octanol–water partition coefficient (Wildman–Crippen LogP) is 5.86. The Labute approximate surface area is 129 Å². The van der Waals surface area contributed by atoms with E-state index >= 15 is 0 Å². The average molecular weight is 336 g/mol. The van der Waals surface area contributed by atoms with E-state index in [1.807, 2.05) is 24.4 Å². The lowest BCUT2D eigenvalue weighted by atomic mass is 10.0. The van der Waals surface area contributed by atoms with Crippen LogP contribution in [-0.4, -0.2) is 10.8 Å². The van der Waals surface area contributed by atoms with Gasteiger partial charge in [-0.2, -0.15) is 0 Å². The van der Waals surface area contributed by atoms with E-state index in [1.165, 1.54) is 25.7 Å². The molecule has 1 N–H and O–H groups in total. The Morgan fingerprint density at radius 1 is 1.15 bits per heavy atom. The number of halogens is 1. The fourth-order valence-electron chi connectivity index (χ4n) is 2.52. The minimum Gasteiger partial charge on any atom is -0.360 e. The number of aromatic nitrogens is 1. The number of ketones is 1. The Hall–Kier alpha value is -1.09. The minimum absolute atomic E-state index is 0.254. The molecule has 2 rings (SSSR count). The molecule has 0 amide bonds. The number of hydrogen-bond donors (Lipinski definition) is 1. The van der Waals surface area contributed by atoms with Crippen LogP contribution in [-0.2, 0) is 0 Å². The van der Waals surface area contributed by atoms with Crippen LogP contribution in [0, 0.1) is 0 Å². The van der Waals surface area contributed by atoms with E-state index in [9.17, 15) is 4.79 Å². The van der Waals surface area contributed by atoms with Crippen LogP contribution in [0.5, 0.6) is 0 Å². The highest BCUT2D eigenvalue weighted by molar-refractivity contribution is 9.10. The van der Waals surface area contributed by atoms with E-state index in [2.05, 4.69) is 27.8 Å². The van der Waals surface area contributed by atoms with Gasteiger partial charge in [-0.3, -0.25) is 4.79 Å². The first kappa shape index (κ1) is 15.3. The van der Waals surface area contributed by atoms with E-state index < -0.39 is 0 Å². The number of rotatable bonds is 8. The van der Waals surface area contributed by atoms with Crippen molar-refractivity contribution in [1.29, 1.82) is 0 Å². The van der Waals surface area contributed by atoms with Gasteiger partial charge in [0, 0.05) is 33.6 Å². The molecule has 1 heterocycles. The maximum atomic E-state index is 12.3. The number of carbonyl (C=O) groups is 1. The van der Waals surface area contributed by atoms with Crippen LogP contribution < -0.4 is 0 Å². The summed E-state index contributed by atoms with van der Waals surface area (Å²) in [7, 11) is 0. The first-order valence-corrected chi connectivity index (χ1v) is 8.31. The summed E-state index contributed by atoms with van der Waals surface area (Å²) < 4.78 is 1.01. The summed E-state index contributed by atoms with van der Waals surface area (Å²) in [6.07, 6.45) is 9.79. The molecule has 108 valence electrons. The number of unbranched alkanes of at least 4 members (excludes halogenated alkanes) is 5. The summed E-state index contributed by atoms with van der Waals surface area (Å²) in [4.78, 5) is 15.5. The van der Waals surface area contributed by atoms with Gasteiger partial charge in [-0.05, 0) is 24.6 Å². The average Bonchev–Trinajstić information content (AvgIpc) is 2.85. The molecular formula is C17H22BrNO. The quantitative estimate of drug-likeness (QED) is 0.475. The summed E-state index contributed by atoms with van der Waals surface area (Å²) in [6.45, 7) is 2.22. The molecule has 0 radical (unpaired) electrons. The van der Waals surface area contributed by atoms with Crippen molar-refractivity contribution in [1.82, 2.24) is 4.98 Å². The largest absolute Gasteiger partial charge is 0.360 e.